The van der Waals surface area contributed by atoms with Crippen LogP contribution in [0.5, 0.6) is 0 Å². The van der Waals surface area contributed by atoms with E-state index in [4.69, 9.17) is 10.7 Å². The molecular formula is C23H25N5O. The molecule has 1 atom stereocenters. The maximum atomic E-state index is 11.3. The summed E-state index contributed by atoms with van der Waals surface area (Å²) in [6.45, 7) is 4.15. The van der Waals surface area contributed by atoms with Gasteiger partial charge in [-0.15, -0.1) is 0 Å². The Bertz CT molecular complexity index is 1010. The van der Waals surface area contributed by atoms with E-state index < -0.39 is 5.91 Å². The van der Waals surface area contributed by atoms with Gasteiger partial charge in [-0.1, -0.05) is 30.3 Å². The minimum absolute atomic E-state index is 0.410. The lowest BCUT2D eigenvalue weighted by Gasteiger charge is -2.31. The molecular weight excluding hydrogens is 362 g/mol. The summed E-state index contributed by atoms with van der Waals surface area (Å²) in [7, 11) is 0. The number of nitrogens with zero attached hydrogens (tertiary/aromatic N) is 3. The maximum Gasteiger partial charge on any atom is 0.248 e. The molecule has 1 saturated heterocycles. The Labute approximate surface area is 170 Å². The largest absolute Gasteiger partial charge is 0.370 e. The molecule has 5 rings (SSSR count). The van der Waals surface area contributed by atoms with Crippen LogP contribution in [0.15, 0.2) is 54.6 Å². The van der Waals surface area contributed by atoms with Crippen LogP contribution in [-0.4, -0.2) is 46.5 Å². The van der Waals surface area contributed by atoms with Crippen molar-refractivity contribution < 1.29 is 4.79 Å². The topological polar surface area (TPSA) is 78.2 Å². The fraction of sp³-hybridized carbons (Fsp3) is 0.304. The lowest BCUT2D eigenvalue weighted by atomic mass is 10.1. The fourth-order valence-electron chi connectivity index (χ4n) is 4.47. The van der Waals surface area contributed by atoms with Crippen LogP contribution in [0.3, 0.4) is 0 Å². The molecule has 1 fully saturated rings. The highest BCUT2D eigenvalue weighted by molar-refractivity contribution is 5.93. The van der Waals surface area contributed by atoms with Gasteiger partial charge in [-0.2, -0.15) is 0 Å². The molecule has 2 aromatic carbocycles. The molecule has 3 heterocycles. The average Bonchev–Trinajstić information content (AvgIpc) is 3.41. The van der Waals surface area contributed by atoms with E-state index in [9.17, 15) is 4.79 Å². The van der Waals surface area contributed by atoms with Crippen LogP contribution in [-0.2, 0) is 13.0 Å². The van der Waals surface area contributed by atoms with Crippen molar-refractivity contribution in [3.05, 3.63) is 71.5 Å². The van der Waals surface area contributed by atoms with Gasteiger partial charge in [0.15, 0.2) is 0 Å². The number of nitrogens with one attached hydrogen (secondary N) is 1. The van der Waals surface area contributed by atoms with E-state index in [2.05, 4.69) is 45.1 Å². The second kappa shape index (κ2) is 7.37. The monoisotopic (exact) mass is 387 g/mol. The molecule has 2 aliphatic rings. The molecule has 0 unspecified atom stereocenters. The molecule has 1 aromatic heterocycles. The maximum absolute atomic E-state index is 11.3. The molecule has 0 bridgehead atoms. The Morgan fingerprint density at radius 3 is 2.62 bits per heavy atom. The van der Waals surface area contributed by atoms with Gasteiger partial charge in [0.25, 0.3) is 0 Å². The quantitative estimate of drug-likeness (QED) is 0.722. The second-order valence-electron chi connectivity index (χ2n) is 7.90. The Balaban J connectivity index is 1.29. The fourth-order valence-corrected chi connectivity index (χ4v) is 4.47. The number of rotatable bonds is 4. The molecule has 2 aliphatic heterocycles. The van der Waals surface area contributed by atoms with E-state index >= 15 is 0 Å². The van der Waals surface area contributed by atoms with Gasteiger partial charge >= 0.3 is 0 Å². The smallest absolute Gasteiger partial charge is 0.248 e. The highest BCUT2D eigenvalue weighted by atomic mass is 16.1. The van der Waals surface area contributed by atoms with Crippen LogP contribution in [0.25, 0.3) is 11.4 Å². The first-order valence-electron chi connectivity index (χ1n) is 10.2. The predicted molar refractivity (Wildman–Crippen MR) is 114 cm³/mol. The summed E-state index contributed by atoms with van der Waals surface area (Å²) >= 11 is 0. The molecule has 0 radical (unpaired) electrons. The molecule has 1 amide bonds. The number of hydrogen-bond donors (Lipinski definition) is 2. The number of imidazole rings is 1. The van der Waals surface area contributed by atoms with Crippen LogP contribution in [0.4, 0.5) is 5.69 Å². The van der Waals surface area contributed by atoms with E-state index in [0.29, 0.717) is 11.6 Å². The van der Waals surface area contributed by atoms with Gasteiger partial charge in [0.1, 0.15) is 5.82 Å². The minimum atomic E-state index is -0.410. The number of nitrogens with two attached hydrogens (primary N) is 1. The lowest BCUT2D eigenvalue weighted by molar-refractivity contribution is 0.100. The number of aromatic nitrogens is 2. The summed E-state index contributed by atoms with van der Waals surface area (Å²) in [5.41, 5.74) is 10.5. The summed E-state index contributed by atoms with van der Waals surface area (Å²) in [5.74, 6) is 0.456. The Morgan fingerprint density at radius 1 is 1.07 bits per heavy atom. The Morgan fingerprint density at radius 2 is 1.86 bits per heavy atom. The van der Waals surface area contributed by atoms with Gasteiger partial charge in [-0.25, -0.2) is 4.98 Å². The number of amides is 1. The Kier molecular flexibility index (Phi) is 4.56. The van der Waals surface area contributed by atoms with E-state index in [1.54, 1.807) is 12.1 Å². The van der Waals surface area contributed by atoms with Crippen molar-refractivity contribution >= 4 is 11.6 Å². The minimum Gasteiger partial charge on any atom is -0.370 e. The number of H-pyrrole nitrogens is 1. The molecule has 0 saturated carbocycles. The molecule has 29 heavy (non-hydrogen) atoms. The van der Waals surface area contributed by atoms with Crippen LogP contribution in [0.1, 0.15) is 28.2 Å². The van der Waals surface area contributed by atoms with Crippen molar-refractivity contribution in [1.82, 2.24) is 14.9 Å². The van der Waals surface area contributed by atoms with Gasteiger partial charge in [0, 0.05) is 55.5 Å². The zero-order valence-corrected chi connectivity index (χ0v) is 16.3. The molecule has 0 spiro atoms. The normalized spacial score (nSPS) is 19.3. The van der Waals surface area contributed by atoms with E-state index in [1.165, 1.54) is 17.8 Å². The highest BCUT2D eigenvalue weighted by Gasteiger charge is 2.31. The lowest BCUT2D eigenvalue weighted by Crippen LogP contribution is -2.41. The Hall–Kier alpha value is -3.12. The number of fused-ring (bicyclic) bond motifs is 1. The van der Waals surface area contributed by atoms with Crippen LogP contribution < -0.4 is 10.6 Å². The number of hydrogen-bond acceptors (Lipinski definition) is 4. The van der Waals surface area contributed by atoms with Gasteiger partial charge < -0.3 is 15.6 Å². The van der Waals surface area contributed by atoms with Gasteiger partial charge in [-0.05, 0) is 30.7 Å². The number of primary amides is 1. The van der Waals surface area contributed by atoms with Crippen molar-refractivity contribution in [2.75, 3.05) is 24.5 Å². The molecule has 6 heteroatoms. The molecule has 0 aliphatic carbocycles. The second-order valence-corrected chi connectivity index (χ2v) is 7.90. The van der Waals surface area contributed by atoms with Crippen molar-refractivity contribution in [2.24, 2.45) is 5.73 Å². The van der Waals surface area contributed by atoms with Crippen LogP contribution in [0.2, 0.25) is 0 Å². The number of carbonyl (C=O) groups is 1. The third-order valence-corrected chi connectivity index (χ3v) is 6.11. The highest BCUT2D eigenvalue weighted by Crippen LogP contribution is 2.28. The summed E-state index contributed by atoms with van der Waals surface area (Å²) in [6, 6.07) is 18.6. The zero-order chi connectivity index (χ0) is 19.8. The van der Waals surface area contributed by atoms with Crippen molar-refractivity contribution in [3.8, 4) is 11.4 Å². The number of anilines is 1. The predicted octanol–water partition coefficient (Wildman–Crippen LogP) is 2.81. The number of para-hydroxylation sites is 1. The summed E-state index contributed by atoms with van der Waals surface area (Å²) in [6.07, 6.45) is 2.16. The van der Waals surface area contributed by atoms with Crippen molar-refractivity contribution in [1.29, 1.82) is 0 Å². The van der Waals surface area contributed by atoms with Crippen LogP contribution >= 0.6 is 0 Å². The third-order valence-electron chi connectivity index (χ3n) is 6.11. The third kappa shape index (κ3) is 3.51. The first kappa shape index (κ1) is 17.9. The average molecular weight is 387 g/mol. The molecule has 3 aromatic rings. The van der Waals surface area contributed by atoms with Crippen LogP contribution in [0, 0.1) is 0 Å². The standard InChI is InChI=1S/C23H25N5O/c24-22(29)16-6-8-17(9-7-16)23-25-20-11-13-28(15-21(20)26-23)19-10-12-27(14-19)18-4-2-1-3-5-18/h1-9,19H,10-15H2,(H2,24,29)(H,25,26)/t19-/m0/s1. The first-order valence-corrected chi connectivity index (χ1v) is 10.2. The van der Waals surface area contributed by atoms with E-state index in [-0.39, 0.29) is 0 Å². The molecule has 6 nitrogen and oxygen atoms in total. The number of carbonyl (C=O) groups excluding carboxylic acids is 1. The van der Waals surface area contributed by atoms with E-state index in [0.717, 1.165) is 49.7 Å². The summed E-state index contributed by atoms with van der Waals surface area (Å²) in [5, 5.41) is 0. The summed E-state index contributed by atoms with van der Waals surface area (Å²) in [4.78, 5) is 24.7. The van der Waals surface area contributed by atoms with Gasteiger partial charge in [0.05, 0.1) is 11.4 Å². The molecule has 148 valence electrons. The van der Waals surface area contributed by atoms with Crippen molar-refractivity contribution in [3.63, 3.8) is 0 Å². The SMILES string of the molecule is NC(=O)c1ccc(-c2nc3c([nH]2)CN([C@H]2CCN(c4ccccc4)C2)CC3)cc1. The van der Waals surface area contributed by atoms with Gasteiger partial charge in [-0.3, -0.25) is 9.69 Å². The first-order chi connectivity index (χ1) is 14.2. The zero-order valence-electron chi connectivity index (χ0n) is 16.3. The van der Waals surface area contributed by atoms with Gasteiger partial charge in [0.2, 0.25) is 5.91 Å². The van der Waals surface area contributed by atoms with Crippen molar-refractivity contribution in [2.45, 2.75) is 25.4 Å². The molecule has 3 N–H and O–H groups in total. The van der Waals surface area contributed by atoms with E-state index in [1.807, 2.05) is 12.1 Å². The number of aromatic amines is 1. The number of benzene rings is 2. The summed E-state index contributed by atoms with van der Waals surface area (Å²) < 4.78 is 0.